The Bertz CT molecular complexity index is 961. The summed E-state index contributed by atoms with van der Waals surface area (Å²) >= 11 is 0. The summed E-state index contributed by atoms with van der Waals surface area (Å²) in [5.41, 5.74) is 0.183. The lowest BCUT2D eigenvalue weighted by Crippen LogP contribution is -2.37. The first-order valence-corrected chi connectivity index (χ1v) is 11.2. The number of furan rings is 1. The Hall–Kier alpha value is -2.65. The molecule has 0 spiro atoms. The van der Waals surface area contributed by atoms with Gasteiger partial charge < -0.3 is 14.1 Å². The number of nitrogens with zero attached hydrogens (tertiary/aromatic N) is 2. The zero-order valence-corrected chi connectivity index (χ0v) is 17.9. The third-order valence-corrected chi connectivity index (χ3v) is 7.11. The average Bonchev–Trinajstić information content (AvgIpc) is 3.25. The lowest BCUT2D eigenvalue weighted by atomic mass is 10.0. The highest BCUT2D eigenvalue weighted by Gasteiger charge is 2.28. The first kappa shape index (κ1) is 22.0. The van der Waals surface area contributed by atoms with E-state index in [0.29, 0.717) is 24.8 Å². The van der Waals surface area contributed by atoms with Crippen molar-refractivity contribution in [3.63, 3.8) is 0 Å². The Morgan fingerprint density at radius 1 is 1.17 bits per heavy atom. The molecular weight excluding hydrogens is 408 g/mol. The summed E-state index contributed by atoms with van der Waals surface area (Å²) in [6.45, 7) is 2.97. The molecule has 0 radical (unpaired) electrons. The van der Waals surface area contributed by atoms with Gasteiger partial charge in [0.05, 0.1) is 23.3 Å². The van der Waals surface area contributed by atoms with Crippen molar-refractivity contribution in [1.82, 2.24) is 9.21 Å². The van der Waals surface area contributed by atoms with Gasteiger partial charge in [0.2, 0.25) is 10.0 Å². The molecule has 0 bridgehead atoms. The minimum absolute atomic E-state index is 0.142. The predicted molar refractivity (Wildman–Crippen MR) is 109 cm³/mol. The number of carbonyl (C=O) groups is 2. The molecule has 1 aliphatic heterocycles. The van der Waals surface area contributed by atoms with Crippen LogP contribution in [0.3, 0.4) is 0 Å². The molecule has 1 fully saturated rings. The molecule has 0 atom stereocenters. The van der Waals surface area contributed by atoms with E-state index in [2.05, 4.69) is 6.92 Å². The van der Waals surface area contributed by atoms with E-state index >= 15 is 0 Å². The maximum absolute atomic E-state index is 12.7. The number of ether oxygens (including phenoxy) is 1. The highest BCUT2D eigenvalue weighted by Crippen LogP contribution is 2.23. The number of esters is 1. The van der Waals surface area contributed by atoms with Crippen LogP contribution in [-0.4, -0.2) is 56.2 Å². The fraction of sp³-hybridized carbons (Fsp3) is 0.429. The van der Waals surface area contributed by atoms with Crippen LogP contribution >= 0.6 is 0 Å². The number of benzene rings is 1. The fourth-order valence-electron chi connectivity index (χ4n) is 3.18. The number of hydrogen-bond acceptors (Lipinski definition) is 6. The molecule has 162 valence electrons. The largest absolute Gasteiger partial charge is 0.467 e. The monoisotopic (exact) mass is 434 g/mol. The summed E-state index contributed by atoms with van der Waals surface area (Å²) in [5.74, 6) is 0.0790. The molecule has 1 aromatic heterocycles. The van der Waals surface area contributed by atoms with Crippen molar-refractivity contribution in [3.8, 4) is 0 Å². The standard InChI is InChI=1S/C21H26N2O6S/c1-16-9-11-23(12-10-16)30(26,27)19-7-5-17(6-8-19)21(25)29-15-20(24)22(2)14-18-4-3-13-28-18/h3-8,13,16H,9-12,14-15H2,1-2H3. The second kappa shape index (κ2) is 9.44. The maximum atomic E-state index is 12.7. The van der Waals surface area contributed by atoms with E-state index in [9.17, 15) is 18.0 Å². The number of amides is 1. The van der Waals surface area contributed by atoms with Crippen molar-refractivity contribution in [2.24, 2.45) is 5.92 Å². The van der Waals surface area contributed by atoms with Gasteiger partial charge >= 0.3 is 5.97 Å². The molecule has 0 N–H and O–H groups in total. The van der Waals surface area contributed by atoms with Crippen LogP contribution in [0, 0.1) is 5.92 Å². The van der Waals surface area contributed by atoms with Crippen LogP contribution in [0.25, 0.3) is 0 Å². The molecule has 2 heterocycles. The van der Waals surface area contributed by atoms with Gasteiger partial charge in [0.25, 0.3) is 5.91 Å². The van der Waals surface area contributed by atoms with Crippen molar-refractivity contribution in [2.45, 2.75) is 31.2 Å². The van der Waals surface area contributed by atoms with Gasteiger partial charge in [-0.15, -0.1) is 0 Å². The van der Waals surface area contributed by atoms with Crippen molar-refractivity contribution in [2.75, 3.05) is 26.7 Å². The Balaban J connectivity index is 1.55. The Kier molecular flexibility index (Phi) is 6.94. The van der Waals surface area contributed by atoms with Gasteiger partial charge in [-0.2, -0.15) is 4.31 Å². The van der Waals surface area contributed by atoms with Crippen LogP contribution < -0.4 is 0 Å². The molecule has 8 nitrogen and oxygen atoms in total. The smallest absolute Gasteiger partial charge is 0.338 e. The number of hydrogen-bond donors (Lipinski definition) is 0. The van der Waals surface area contributed by atoms with Gasteiger partial charge in [0, 0.05) is 20.1 Å². The summed E-state index contributed by atoms with van der Waals surface area (Å²) in [6.07, 6.45) is 3.20. The minimum Gasteiger partial charge on any atom is -0.467 e. The summed E-state index contributed by atoms with van der Waals surface area (Å²) < 4.78 is 37.2. The van der Waals surface area contributed by atoms with Crippen molar-refractivity contribution < 1.29 is 27.2 Å². The van der Waals surface area contributed by atoms with Gasteiger partial charge in [0.1, 0.15) is 5.76 Å². The van der Waals surface area contributed by atoms with Crippen molar-refractivity contribution in [3.05, 3.63) is 54.0 Å². The highest BCUT2D eigenvalue weighted by molar-refractivity contribution is 7.89. The van der Waals surface area contributed by atoms with Crippen LogP contribution in [0.4, 0.5) is 0 Å². The van der Waals surface area contributed by atoms with E-state index in [-0.39, 0.29) is 22.9 Å². The molecule has 1 saturated heterocycles. The van der Waals surface area contributed by atoms with E-state index < -0.39 is 22.6 Å². The van der Waals surface area contributed by atoms with Gasteiger partial charge in [0.15, 0.2) is 6.61 Å². The number of carbonyl (C=O) groups excluding carboxylic acids is 2. The topological polar surface area (TPSA) is 97.1 Å². The van der Waals surface area contributed by atoms with Crippen molar-refractivity contribution >= 4 is 21.9 Å². The van der Waals surface area contributed by atoms with Crippen LogP contribution in [-0.2, 0) is 26.1 Å². The number of likely N-dealkylation sites (N-methyl/N-ethyl adjacent to an activating group) is 1. The molecule has 3 rings (SSSR count). The Morgan fingerprint density at radius 2 is 1.83 bits per heavy atom. The summed E-state index contributed by atoms with van der Waals surface area (Å²) in [7, 11) is -2.00. The summed E-state index contributed by atoms with van der Waals surface area (Å²) in [5, 5.41) is 0. The molecule has 1 amide bonds. The molecule has 1 aliphatic rings. The fourth-order valence-corrected chi connectivity index (χ4v) is 4.65. The highest BCUT2D eigenvalue weighted by atomic mass is 32.2. The second-order valence-corrected chi connectivity index (χ2v) is 9.45. The molecule has 0 aliphatic carbocycles. The average molecular weight is 435 g/mol. The quantitative estimate of drug-likeness (QED) is 0.621. The zero-order valence-electron chi connectivity index (χ0n) is 17.1. The Labute approximate surface area is 176 Å². The van der Waals surface area contributed by atoms with Crippen LogP contribution in [0.15, 0.2) is 52.0 Å². The molecule has 0 saturated carbocycles. The van der Waals surface area contributed by atoms with Crippen molar-refractivity contribution in [1.29, 1.82) is 0 Å². The number of sulfonamides is 1. The van der Waals surface area contributed by atoms with E-state index in [0.717, 1.165) is 12.8 Å². The number of piperidine rings is 1. The SMILES string of the molecule is CC1CCN(S(=O)(=O)c2ccc(C(=O)OCC(=O)N(C)Cc3ccco3)cc2)CC1. The third kappa shape index (κ3) is 5.28. The van der Waals surface area contributed by atoms with Gasteiger partial charge in [-0.3, -0.25) is 4.79 Å². The molecular formula is C21H26N2O6S. The van der Waals surface area contributed by atoms with E-state index in [1.165, 1.54) is 39.7 Å². The summed E-state index contributed by atoms with van der Waals surface area (Å²) in [4.78, 5) is 25.9. The van der Waals surface area contributed by atoms with Crippen LogP contribution in [0.2, 0.25) is 0 Å². The predicted octanol–water partition coefficient (Wildman–Crippen LogP) is 2.52. The first-order valence-electron chi connectivity index (χ1n) is 9.81. The lowest BCUT2D eigenvalue weighted by Gasteiger charge is -2.29. The second-order valence-electron chi connectivity index (χ2n) is 7.52. The minimum atomic E-state index is -3.58. The van der Waals surface area contributed by atoms with E-state index in [1.807, 2.05) is 0 Å². The van der Waals surface area contributed by atoms with Crippen LogP contribution in [0.1, 0.15) is 35.9 Å². The first-order chi connectivity index (χ1) is 14.3. The van der Waals surface area contributed by atoms with Gasteiger partial charge in [-0.1, -0.05) is 6.92 Å². The molecule has 1 aromatic carbocycles. The zero-order chi connectivity index (χ0) is 21.7. The maximum Gasteiger partial charge on any atom is 0.338 e. The molecule has 30 heavy (non-hydrogen) atoms. The van der Waals surface area contributed by atoms with Crippen LogP contribution in [0.5, 0.6) is 0 Å². The molecule has 0 unspecified atom stereocenters. The number of rotatable bonds is 7. The third-order valence-electron chi connectivity index (χ3n) is 5.20. The van der Waals surface area contributed by atoms with E-state index in [1.54, 1.807) is 19.2 Å². The van der Waals surface area contributed by atoms with E-state index in [4.69, 9.17) is 9.15 Å². The molecule has 2 aromatic rings. The normalized spacial score (nSPS) is 15.7. The van der Waals surface area contributed by atoms with Gasteiger partial charge in [-0.25, -0.2) is 13.2 Å². The van der Waals surface area contributed by atoms with Gasteiger partial charge in [-0.05, 0) is 55.2 Å². The summed E-state index contributed by atoms with van der Waals surface area (Å²) in [6, 6.07) is 9.07. The molecule has 9 heteroatoms. The Morgan fingerprint density at radius 3 is 2.43 bits per heavy atom. The lowest BCUT2D eigenvalue weighted by molar-refractivity contribution is -0.133.